The number of fused-ring (bicyclic) bond motifs is 1. The Morgan fingerprint density at radius 2 is 1.67 bits per heavy atom. The molecule has 0 saturated heterocycles. The average molecular weight is 368 g/mol. The van der Waals surface area contributed by atoms with Crippen molar-refractivity contribution in [2.45, 2.75) is 33.0 Å². The summed E-state index contributed by atoms with van der Waals surface area (Å²) in [6, 6.07) is 9.66. The van der Waals surface area contributed by atoms with Gasteiger partial charge in [-0.15, -0.1) is 0 Å². The monoisotopic (exact) mass is 367 g/mol. The smallest absolute Gasteiger partial charge is 0.231 e. The molecule has 1 N–H and O–H groups in total. The highest BCUT2D eigenvalue weighted by Crippen LogP contribution is 2.35. The molecule has 0 bridgehead atoms. The van der Waals surface area contributed by atoms with Gasteiger partial charge in [-0.25, -0.2) is 0 Å². The highest BCUT2D eigenvalue weighted by molar-refractivity contribution is 6.37. The third-order valence-corrected chi connectivity index (χ3v) is 4.07. The van der Waals surface area contributed by atoms with Crippen molar-refractivity contribution in [3.63, 3.8) is 0 Å². The Kier molecular flexibility index (Phi) is 5.39. The van der Waals surface area contributed by atoms with Crippen LogP contribution in [-0.4, -0.2) is 12.9 Å². The lowest BCUT2D eigenvalue weighted by Gasteiger charge is -2.14. The summed E-state index contributed by atoms with van der Waals surface area (Å²) in [7, 11) is 0. The topological polar surface area (TPSA) is 39.7 Å². The number of ether oxygens (including phenoxy) is 3. The zero-order chi connectivity index (χ0) is 17.1. The van der Waals surface area contributed by atoms with Gasteiger partial charge in [0.2, 0.25) is 6.79 Å². The molecule has 6 heteroatoms. The van der Waals surface area contributed by atoms with Crippen LogP contribution in [0.25, 0.3) is 0 Å². The highest BCUT2D eigenvalue weighted by Gasteiger charge is 2.13. The molecule has 0 amide bonds. The summed E-state index contributed by atoms with van der Waals surface area (Å²) in [4.78, 5) is 0. The zero-order valence-electron chi connectivity index (χ0n) is 13.6. The molecule has 4 nitrogen and oxygen atoms in total. The quantitative estimate of drug-likeness (QED) is 0.795. The molecule has 0 saturated carbocycles. The van der Waals surface area contributed by atoms with E-state index in [0.717, 1.165) is 22.6 Å². The Bertz CT molecular complexity index is 711. The molecule has 24 heavy (non-hydrogen) atoms. The summed E-state index contributed by atoms with van der Waals surface area (Å²) >= 11 is 12.5. The Hall–Kier alpha value is -1.62. The fraction of sp³-hybridized carbons (Fsp3) is 0.333. The predicted molar refractivity (Wildman–Crippen MR) is 95.3 cm³/mol. The van der Waals surface area contributed by atoms with Crippen LogP contribution in [0.2, 0.25) is 10.0 Å². The molecule has 1 aliphatic rings. The first-order valence-electron chi connectivity index (χ1n) is 7.77. The van der Waals surface area contributed by atoms with Crippen LogP contribution in [0.4, 0.5) is 0 Å². The lowest BCUT2D eigenvalue weighted by Crippen LogP contribution is -2.13. The van der Waals surface area contributed by atoms with Gasteiger partial charge >= 0.3 is 0 Å². The fourth-order valence-corrected chi connectivity index (χ4v) is 3.09. The largest absolute Gasteiger partial charge is 0.488 e. The van der Waals surface area contributed by atoms with Crippen molar-refractivity contribution in [1.29, 1.82) is 0 Å². The van der Waals surface area contributed by atoms with Crippen molar-refractivity contribution in [1.82, 2.24) is 5.32 Å². The second-order valence-electron chi connectivity index (χ2n) is 5.85. The van der Waals surface area contributed by atoms with Crippen molar-refractivity contribution in [2.75, 3.05) is 6.79 Å². The molecule has 1 heterocycles. The van der Waals surface area contributed by atoms with Crippen LogP contribution in [0.15, 0.2) is 30.3 Å². The molecule has 0 aromatic heterocycles. The summed E-state index contributed by atoms with van der Waals surface area (Å²) < 4.78 is 16.3. The zero-order valence-corrected chi connectivity index (χ0v) is 15.1. The van der Waals surface area contributed by atoms with Crippen molar-refractivity contribution >= 4 is 23.2 Å². The standard InChI is InChI=1S/C18H19Cl2NO3/c1-11(2)24-18-14(19)5-13(6-15(18)20)9-21-8-12-3-4-16-17(7-12)23-10-22-16/h3-7,11,21H,8-10H2,1-2H3. The van der Waals surface area contributed by atoms with Crippen LogP contribution in [0.3, 0.4) is 0 Å². The number of halogens is 2. The third-order valence-electron chi connectivity index (χ3n) is 3.51. The molecule has 1 aliphatic heterocycles. The number of nitrogens with one attached hydrogen (secondary N) is 1. The molecule has 2 aromatic carbocycles. The molecule has 0 radical (unpaired) electrons. The minimum absolute atomic E-state index is 0.0231. The number of benzene rings is 2. The Morgan fingerprint density at radius 3 is 2.38 bits per heavy atom. The Balaban J connectivity index is 1.60. The van der Waals surface area contributed by atoms with E-state index in [1.165, 1.54) is 0 Å². The minimum Gasteiger partial charge on any atom is -0.488 e. The lowest BCUT2D eigenvalue weighted by molar-refractivity contribution is 0.174. The second-order valence-corrected chi connectivity index (χ2v) is 6.66. The van der Waals surface area contributed by atoms with E-state index in [4.69, 9.17) is 37.4 Å². The van der Waals surface area contributed by atoms with Crippen LogP contribution in [0, 0.1) is 0 Å². The maximum absolute atomic E-state index is 6.27. The fourth-order valence-electron chi connectivity index (χ4n) is 2.46. The summed E-state index contributed by atoms with van der Waals surface area (Å²) in [5.41, 5.74) is 2.12. The van der Waals surface area contributed by atoms with Gasteiger partial charge in [0.15, 0.2) is 17.2 Å². The second kappa shape index (κ2) is 7.51. The van der Waals surface area contributed by atoms with Gasteiger partial charge in [-0.3, -0.25) is 0 Å². The summed E-state index contributed by atoms with van der Waals surface area (Å²) in [5.74, 6) is 2.11. The van der Waals surface area contributed by atoms with Gasteiger partial charge in [-0.05, 0) is 49.2 Å². The minimum atomic E-state index is 0.0231. The van der Waals surface area contributed by atoms with Gasteiger partial charge in [0.25, 0.3) is 0 Å². The van der Waals surface area contributed by atoms with E-state index in [2.05, 4.69) is 5.32 Å². The highest BCUT2D eigenvalue weighted by atomic mass is 35.5. The molecule has 2 aromatic rings. The number of hydrogen-bond acceptors (Lipinski definition) is 4. The predicted octanol–water partition coefficient (Wildman–Crippen LogP) is 4.80. The molecule has 3 rings (SSSR count). The van der Waals surface area contributed by atoms with Crippen molar-refractivity contribution in [3.05, 3.63) is 51.5 Å². The maximum atomic E-state index is 6.27. The van der Waals surface area contributed by atoms with E-state index in [9.17, 15) is 0 Å². The first-order chi connectivity index (χ1) is 11.5. The molecule has 0 spiro atoms. The SMILES string of the molecule is CC(C)Oc1c(Cl)cc(CNCc2ccc3c(c2)OCO3)cc1Cl. The molecule has 0 fully saturated rings. The van der Waals surface area contributed by atoms with E-state index in [0.29, 0.717) is 28.9 Å². The normalized spacial score (nSPS) is 12.7. The number of hydrogen-bond donors (Lipinski definition) is 1. The van der Waals surface area contributed by atoms with Crippen LogP contribution in [0.5, 0.6) is 17.2 Å². The first kappa shape index (κ1) is 17.2. The summed E-state index contributed by atoms with van der Waals surface area (Å²) in [6.45, 7) is 5.51. The van der Waals surface area contributed by atoms with E-state index in [-0.39, 0.29) is 12.9 Å². The van der Waals surface area contributed by atoms with Crippen LogP contribution >= 0.6 is 23.2 Å². The Labute approximate surface area is 151 Å². The molecule has 128 valence electrons. The van der Waals surface area contributed by atoms with Crippen molar-refractivity contribution in [3.8, 4) is 17.2 Å². The maximum Gasteiger partial charge on any atom is 0.231 e. The van der Waals surface area contributed by atoms with Crippen LogP contribution < -0.4 is 19.5 Å². The number of rotatable bonds is 6. The summed E-state index contributed by atoms with van der Waals surface area (Å²) in [5, 5.41) is 4.42. The first-order valence-corrected chi connectivity index (χ1v) is 8.52. The molecule has 0 unspecified atom stereocenters. The summed E-state index contributed by atoms with van der Waals surface area (Å²) in [6.07, 6.45) is 0.0231. The van der Waals surface area contributed by atoms with E-state index >= 15 is 0 Å². The third kappa shape index (κ3) is 4.07. The van der Waals surface area contributed by atoms with Crippen LogP contribution in [0.1, 0.15) is 25.0 Å². The Morgan fingerprint density at radius 1 is 1.00 bits per heavy atom. The average Bonchev–Trinajstić information content (AvgIpc) is 2.98. The van der Waals surface area contributed by atoms with Gasteiger partial charge < -0.3 is 19.5 Å². The van der Waals surface area contributed by atoms with Crippen molar-refractivity contribution < 1.29 is 14.2 Å². The van der Waals surface area contributed by atoms with Gasteiger partial charge in [0.05, 0.1) is 16.1 Å². The van der Waals surface area contributed by atoms with E-state index < -0.39 is 0 Å². The molecule has 0 atom stereocenters. The van der Waals surface area contributed by atoms with E-state index in [1.807, 2.05) is 44.2 Å². The lowest BCUT2D eigenvalue weighted by atomic mass is 10.2. The van der Waals surface area contributed by atoms with E-state index in [1.54, 1.807) is 0 Å². The molecular weight excluding hydrogens is 349 g/mol. The van der Waals surface area contributed by atoms with Gasteiger partial charge in [-0.1, -0.05) is 29.3 Å². The van der Waals surface area contributed by atoms with Gasteiger partial charge in [0.1, 0.15) is 0 Å². The van der Waals surface area contributed by atoms with Gasteiger partial charge in [0, 0.05) is 13.1 Å². The van der Waals surface area contributed by atoms with Crippen molar-refractivity contribution in [2.24, 2.45) is 0 Å². The van der Waals surface area contributed by atoms with Gasteiger partial charge in [-0.2, -0.15) is 0 Å². The molecular formula is C18H19Cl2NO3. The molecule has 0 aliphatic carbocycles. The van der Waals surface area contributed by atoms with Crippen LogP contribution in [-0.2, 0) is 13.1 Å².